The van der Waals surface area contributed by atoms with Gasteiger partial charge in [0.05, 0.1) is 12.7 Å². The number of carbonyl (C=O) groups excluding carboxylic acids is 1. The minimum Gasteiger partial charge on any atom is -0.481 e. The van der Waals surface area contributed by atoms with Crippen molar-refractivity contribution in [3.63, 3.8) is 0 Å². The average Bonchev–Trinajstić information content (AvgIpc) is 3.05. The first-order valence-electron chi connectivity index (χ1n) is 8.32. The third kappa shape index (κ3) is 4.47. The van der Waals surface area contributed by atoms with Gasteiger partial charge in [0.1, 0.15) is 17.4 Å². The molecule has 134 valence electrons. The summed E-state index contributed by atoms with van der Waals surface area (Å²) in [5, 5.41) is 7.08. The zero-order chi connectivity index (χ0) is 18.5. The molecule has 0 spiro atoms. The fourth-order valence-electron chi connectivity index (χ4n) is 2.43. The van der Waals surface area contributed by atoms with Crippen molar-refractivity contribution in [3.8, 4) is 5.75 Å². The minimum atomic E-state index is -0.733. The van der Waals surface area contributed by atoms with Crippen molar-refractivity contribution in [2.75, 3.05) is 5.32 Å². The summed E-state index contributed by atoms with van der Waals surface area (Å²) >= 11 is 0. The molecule has 0 radical (unpaired) electrons. The van der Waals surface area contributed by atoms with Crippen LogP contribution in [0.1, 0.15) is 18.1 Å². The Hall–Kier alpha value is -3.15. The number of aromatic nitrogens is 2. The fourth-order valence-corrected chi connectivity index (χ4v) is 2.43. The van der Waals surface area contributed by atoms with Crippen molar-refractivity contribution in [2.45, 2.75) is 26.5 Å². The van der Waals surface area contributed by atoms with Gasteiger partial charge in [-0.1, -0.05) is 29.8 Å². The Morgan fingerprint density at radius 3 is 2.54 bits per heavy atom. The SMILES string of the molecule is Cc1ccc(Cn2nccc2NC(=O)C(C)Oc2ccc(F)cc2)cc1. The highest BCUT2D eigenvalue weighted by Crippen LogP contribution is 2.15. The average molecular weight is 353 g/mol. The van der Waals surface area contributed by atoms with Crippen LogP contribution in [0, 0.1) is 12.7 Å². The van der Waals surface area contributed by atoms with Crippen LogP contribution in [0.25, 0.3) is 0 Å². The van der Waals surface area contributed by atoms with Crippen LogP contribution in [0.2, 0.25) is 0 Å². The zero-order valence-corrected chi connectivity index (χ0v) is 14.6. The first kappa shape index (κ1) is 17.7. The van der Waals surface area contributed by atoms with Gasteiger partial charge in [-0.2, -0.15) is 5.10 Å². The van der Waals surface area contributed by atoms with E-state index in [-0.39, 0.29) is 11.7 Å². The third-order valence-corrected chi connectivity index (χ3v) is 3.92. The van der Waals surface area contributed by atoms with Gasteiger partial charge >= 0.3 is 0 Å². The van der Waals surface area contributed by atoms with Crippen LogP contribution in [0.3, 0.4) is 0 Å². The predicted octanol–water partition coefficient (Wildman–Crippen LogP) is 3.78. The molecule has 1 unspecified atom stereocenters. The van der Waals surface area contributed by atoms with Gasteiger partial charge in [-0.05, 0) is 43.7 Å². The highest BCUT2D eigenvalue weighted by molar-refractivity contribution is 5.93. The lowest BCUT2D eigenvalue weighted by Gasteiger charge is -2.15. The van der Waals surface area contributed by atoms with E-state index >= 15 is 0 Å². The Kier molecular flexibility index (Phi) is 5.31. The fraction of sp³-hybridized carbons (Fsp3) is 0.200. The number of anilines is 1. The summed E-state index contributed by atoms with van der Waals surface area (Å²) in [6.45, 7) is 4.22. The Balaban J connectivity index is 1.63. The van der Waals surface area contributed by atoms with E-state index in [2.05, 4.69) is 10.4 Å². The van der Waals surface area contributed by atoms with Crippen molar-refractivity contribution in [3.05, 3.63) is 77.7 Å². The zero-order valence-electron chi connectivity index (χ0n) is 14.6. The maximum Gasteiger partial charge on any atom is 0.266 e. The second-order valence-electron chi connectivity index (χ2n) is 6.06. The number of nitrogens with zero attached hydrogens (tertiary/aromatic N) is 2. The molecule has 0 bridgehead atoms. The van der Waals surface area contributed by atoms with Gasteiger partial charge in [-0.25, -0.2) is 9.07 Å². The highest BCUT2D eigenvalue weighted by atomic mass is 19.1. The molecule has 5 nitrogen and oxygen atoms in total. The summed E-state index contributed by atoms with van der Waals surface area (Å²) in [5.41, 5.74) is 2.28. The van der Waals surface area contributed by atoms with E-state index in [1.165, 1.54) is 29.8 Å². The van der Waals surface area contributed by atoms with Gasteiger partial charge in [0.25, 0.3) is 5.91 Å². The molecule has 0 fully saturated rings. The Bertz CT molecular complexity index is 873. The molecule has 0 saturated carbocycles. The number of nitrogens with one attached hydrogen (secondary N) is 1. The maximum atomic E-state index is 12.9. The molecule has 0 saturated heterocycles. The molecule has 1 N–H and O–H groups in total. The topological polar surface area (TPSA) is 56.2 Å². The number of halogens is 1. The van der Waals surface area contributed by atoms with Crippen molar-refractivity contribution < 1.29 is 13.9 Å². The number of benzene rings is 2. The lowest BCUT2D eigenvalue weighted by atomic mass is 10.1. The number of hydrogen-bond acceptors (Lipinski definition) is 3. The van der Waals surface area contributed by atoms with E-state index in [0.29, 0.717) is 18.1 Å². The van der Waals surface area contributed by atoms with Crippen molar-refractivity contribution in [2.24, 2.45) is 0 Å². The molecule has 1 aromatic heterocycles. The van der Waals surface area contributed by atoms with Gasteiger partial charge in [-0.3, -0.25) is 4.79 Å². The molecule has 0 aliphatic rings. The van der Waals surface area contributed by atoms with Crippen molar-refractivity contribution >= 4 is 11.7 Å². The summed E-state index contributed by atoms with van der Waals surface area (Å²) in [7, 11) is 0. The highest BCUT2D eigenvalue weighted by Gasteiger charge is 2.17. The van der Waals surface area contributed by atoms with E-state index in [4.69, 9.17) is 4.74 Å². The molecular weight excluding hydrogens is 333 g/mol. The second kappa shape index (κ2) is 7.82. The maximum absolute atomic E-state index is 12.9. The van der Waals surface area contributed by atoms with Gasteiger partial charge in [-0.15, -0.1) is 0 Å². The van der Waals surface area contributed by atoms with E-state index in [0.717, 1.165) is 5.56 Å². The molecule has 3 rings (SSSR count). The third-order valence-electron chi connectivity index (χ3n) is 3.92. The number of ether oxygens (including phenoxy) is 1. The molecule has 0 aliphatic carbocycles. The summed E-state index contributed by atoms with van der Waals surface area (Å²) in [4.78, 5) is 12.4. The van der Waals surface area contributed by atoms with Gasteiger partial charge in [0.2, 0.25) is 0 Å². The van der Waals surface area contributed by atoms with Crippen LogP contribution in [-0.4, -0.2) is 21.8 Å². The predicted molar refractivity (Wildman–Crippen MR) is 97.6 cm³/mol. The lowest BCUT2D eigenvalue weighted by Crippen LogP contribution is -2.31. The Morgan fingerprint density at radius 1 is 1.15 bits per heavy atom. The van der Waals surface area contributed by atoms with E-state index < -0.39 is 6.10 Å². The Morgan fingerprint density at radius 2 is 1.85 bits per heavy atom. The molecule has 1 atom stereocenters. The van der Waals surface area contributed by atoms with Crippen LogP contribution in [0.4, 0.5) is 10.2 Å². The number of hydrogen-bond donors (Lipinski definition) is 1. The van der Waals surface area contributed by atoms with E-state index in [9.17, 15) is 9.18 Å². The lowest BCUT2D eigenvalue weighted by molar-refractivity contribution is -0.122. The number of amides is 1. The molecule has 0 aliphatic heterocycles. The summed E-state index contributed by atoms with van der Waals surface area (Å²) < 4.78 is 20.2. The quantitative estimate of drug-likeness (QED) is 0.734. The molecule has 3 aromatic rings. The normalized spacial score (nSPS) is 11.8. The number of carbonyl (C=O) groups is 1. The molecule has 1 amide bonds. The molecule has 26 heavy (non-hydrogen) atoms. The largest absolute Gasteiger partial charge is 0.481 e. The smallest absolute Gasteiger partial charge is 0.266 e. The van der Waals surface area contributed by atoms with Crippen molar-refractivity contribution in [1.82, 2.24) is 9.78 Å². The first-order chi connectivity index (χ1) is 12.5. The minimum absolute atomic E-state index is 0.306. The summed E-state index contributed by atoms with van der Waals surface area (Å²) in [6, 6.07) is 15.4. The van der Waals surface area contributed by atoms with Crippen LogP contribution >= 0.6 is 0 Å². The standard InChI is InChI=1S/C20H20FN3O2/c1-14-3-5-16(6-4-14)13-24-19(11-12-22-24)23-20(25)15(2)26-18-9-7-17(21)8-10-18/h3-12,15H,13H2,1-2H3,(H,23,25). The Labute approximate surface area is 151 Å². The van der Waals surface area contributed by atoms with Crippen LogP contribution in [-0.2, 0) is 11.3 Å². The van der Waals surface area contributed by atoms with Gasteiger partial charge < -0.3 is 10.1 Å². The summed E-state index contributed by atoms with van der Waals surface area (Å²) in [5.74, 6) is 0.363. The van der Waals surface area contributed by atoms with E-state index in [1.807, 2.05) is 31.2 Å². The molecule has 6 heteroatoms. The molecule has 2 aromatic carbocycles. The molecule has 1 heterocycles. The second-order valence-corrected chi connectivity index (χ2v) is 6.06. The van der Waals surface area contributed by atoms with Crippen molar-refractivity contribution in [1.29, 1.82) is 0 Å². The van der Waals surface area contributed by atoms with E-state index in [1.54, 1.807) is 23.9 Å². The summed E-state index contributed by atoms with van der Waals surface area (Å²) in [6.07, 6.45) is 0.901. The first-order valence-corrected chi connectivity index (χ1v) is 8.32. The van der Waals surface area contributed by atoms with Gasteiger partial charge in [0.15, 0.2) is 6.10 Å². The van der Waals surface area contributed by atoms with Crippen LogP contribution in [0.15, 0.2) is 60.8 Å². The van der Waals surface area contributed by atoms with Crippen LogP contribution < -0.4 is 10.1 Å². The molecular formula is C20H20FN3O2. The number of rotatable bonds is 6. The monoisotopic (exact) mass is 353 g/mol. The number of aryl methyl sites for hydroxylation is 1. The van der Waals surface area contributed by atoms with Crippen LogP contribution in [0.5, 0.6) is 5.75 Å². The van der Waals surface area contributed by atoms with Gasteiger partial charge in [0, 0.05) is 6.07 Å².